The lowest BCUT2D eigenvalue weighted by atomic mass is 10.00. The normalized spacial score (nSPS) is 11.0. The highest BCUT2D eigenvalue weighted by Gasteiger charge is 2.25. The number of aryl methyl sites for hydroxylation is 1. The first-order valence-electron chi connectivity index (χ1n) is 7.91. The van der Waals surface area contributed by atoms with Gasteiger partial charge in [0, 0.05) is 17.7 Å². The number of rotatable bonds is 5. The number of carboxylic acid groups (broad SMARTS) is 2. The molecular weight excluding hydrogens is 360 g/mol. The Bertz CT molecular complexity index is 1210. The molecule has 9 heteroatoms. The van der Waals surface area contributed by atoms with Crippen LogP contribution in [0.25, 0.3) is 21.9 Å². The van der Waals surface area contributed by atoms with Gasteiger partial charge in [-0.05, 0) is 6.42 Å². The third-order valence-corrected chi connectivity index (χ3v) is 4.02. The number of fused-ring (bicyclic) bond motifs is 3. The third kappa shape index (κ3) is 2.82. The van der Waals surface area contributed by atoms with E-state index in [0.717, 1.165) is 12.1 Å². The van der Waals surface area contributed by atoms with Crippen LogP contribution >= 0.6 is 0 Å². The largest absolute Gasteiger partial charge is 0.495 e. The molecule has 0 amide bonds. The summed E-state index contributed by atoms with van der Waals surface area (Å²) in [6.07, 6.45) is 0.901. The van der Waals surface area contributed by atoms with Gasteiger partial charge in [0.15, 0.2) is 16.4 Å². The van der Waals surface area contributed by atoms with E-state index in [9.17, 15) is 24.3 Å². The summed E-state index contributed by atoms with van der Waals surface area (Å²) in [5.74, 6) is -4.15. The van der Waals surface area contributed by atoms with Crippen LogP contribution in [0.2, 0.25) is 0 Å². The zero-order valence-corrected chi connectivity index (χ0v) is 14.3. The second kappa shape index (κ2) is 6.60. The maximum Gasteiger partial charge on any atom is 0.371 e. The van der Waals surface area contributed by atoms with Gasteiger partial charge in [-0.2, -0.15) is 0 Å². The molecule has 2 heterocycles. The second-order valence-electron chi connectivity index (χ2n) is 5.73. The molecular formula is C18H14O9. The summed E-state index contributed by atoms with van der Waals surface area (Å²) in [5, 5.41) is 18.0. The van der Waals surface area contributed by atoms with E-state index in [1.54, 1.807) is 0 Å². The predicted molar refractivity (Wildman–Crippen MR) is 93.0 cm³/mol. The van der Waals surface area contributed by atoms with Gasteiger partial charge in [-0.15, -0.1) is 0 Å². The first-order valence-corrected chi connectivity index (χ1v) is 7.91. The van der Waals surface area contributed by atoms with Crippen LogP contribution in [0.1, 0.15) is 40.0 Å². The van der Waals surface area contributed by atoms with E-state index in [0.29, 0.717) is 18.4 Å². The smallest absolute Gasteiger partial charge is 0.371 e. The molecule has 0 fully saturated rings. The lowest BCUT2D eigenvalue weighted by Crippen LogP contribution is -2.13. The zero-order valence-electron chi connectivity index (χ0n) is 14.3. The van der Waals surface area contributed by atoms with Gasteiger partial charge in [-0.1, -0.05) is 13.3 Å². The molecule has 0 saturated carbocycles. The first kappa shape index (κ1) is 18.2. The Morgan fingerprint density at radius 1 is 0.963 bits per heavy atom. The zero-order chi connectivity index (χ0) is 19.9. The number of hydrogen-bond acceptors (Lipinski definition) is 7. The van der Waals surface area contributed by atoms with Crippen molar-refractivity contribution in [2.24, 2.45) is 0 Å². The number of methoxy groups -OCH3 is 1. The number of aromatic carboxylic acids is 2. The summed E-state index contributed by atoms with van der Waals surface area (Å²) in [6, 6.07) is 1.54. The molecule has 27 heavy (non-hydrogen) atoms. The van der Waals surface area contributed by atoms with Gasteiger partial charge >= 0.3 is 11.9 Å². The standard InChI is InChI=1S/C18H14O9/c1-3-4-7-14(25-2)12-8(19)5-11(18(23)24)27-16(12)13-9(20)6-10(17(21)22)26-15(7)13/h5-6H,3-4H2,1-2H3,(H,21,22)(H,23,24). The van der Waals surface area contributed by atoms with Crippen LogP contribution < -0.4 is 15.6 Å². The highest BCUT2D eigenvalue weighted by atomic mass is 16.5. The maximum atomic E-state index is 12.6. The highest BCUT2D eigenvalue weighted by Crippen LogP contribution is 2.36. The van der Waals surface area contributed by atoms with Crippen molar-refractivity contribution in [3.63, 3.8) is 0 Å². The van der Waals surface area contributed by atoms with Crippen LogP contribution in [-0.4, -0.2) is 29.3 Å². The van der Waals surface area contributed by atoms with Crippen molar-refractivity contribution in [3.8, 4) is 5.75 Å². The molecule has 0 atom stereocenters. The average molecular weight is 374 g/mol. The van der Waals surface area contributed by atoms with Crippen molar-refractivity contribution >= 4 is 33.9 Å². The fourth-order valence-electron chi connectivity index (χ4n) is 2.97. The Balaban J connectivity index is 2.69. The number of carboxylic acids is 2. The summed E-state index contributed by atoms with van der Waals surface area (Å²) >= 11 is 0. The molecule has 9 nitrogen and oxygen atoms in total. The van der Waals surface area contributed by atoms with E-state index >= 15 is 0 Å². The Kier molecular flexibility index (Phi) is 4.44. The van der Waals surface area contributed by atoms with E-state index in [-0.39, 0.29) is 27.7 Å². The lowest BCUT2D eigenvalue weighted by Gasteiger charge is -2.14. The molecule has 0 saturated heterocycles. The van der Waals surface area contributed by atoms with Gasteiger partial charge < -0.3 is 23.8 Å². The molecule has 0 aliphatic rings. The molecule has 0 bridgehead atoms. The fourth-order valence-corrected chi connectivity index (χ4v) is 2.97. The average Bonchev–Trinajstić information content (AvgIpc) is 2.61. The summed E-state index contributed by atoms with van der Waals surface area (Å²) in [6.45, 7) is 1.84. The minimum Gasteiger partial charge on any atom is -0.495 e. The van der Waals surface area contributed by atoms with E-state index in [1.165, 1.54) is 7.11 Å². The van der Waals surface area contributed by atoms with Crippen LogP contribution in [0.15, 0.2) is 30.6 Å². The van der Waals surface area contributed by atoms with Gasteiger partial charge in [0.1, 0.15) is 22.1 Å². The molecule has 0 unspecified atom stereocenters. The molecule has 0 spiro atoms. The molecule has 140 valence electrons. The van der Waals surface area contributed by atoms with Crippen molar-refractivity contribution in [1.82, 2.24) is 0 Å². The molecule has 2 aromatic heterocycles. The van der Waals surface area contributed by atoms with Gasteiger partial charge in [0.05, 0.1) is 7.11 Å². The molecule has 3 aromatic rings. The monoisotopic (exact) mass is 374 g/mol. The topological polar surface area (TPSA) is 144 Å². The lowest BCUT2D eigenvalue weighted by molar-refractivity contribution is 0.0654. The molecule has 2 N–H and O–H groups in total. The van der Waals surface area contributed by atoms with Crippen molar-refractivity contribution in [3.05, 3.63) is 49.7 Å². The quantitative estimate of drug-likeness (QED) is 0.642. The maximum absolute atomic E-state index is 12.6. The SMILES string of the molecule is CCCc1c(OC)c2c(=O)cc(C(=O)O)oc2c2c(=O)cc(C(=O)O)oc12. The summed E-state index contributed by atoms with van der Waals surface area (Å²) < 4.78 is 16.0. The minimum absolute atomic E-state index is 0.0516. The Morgan fingerprint density at radius 3 is 1.96 bits per heavy atom. The molecule has 0 radical (unpaired) electrons. The van der Waals surface area contributed by atoms with Gasteiger partial charge in [0.2, 0.25) is 11.5 Å². The molecule has 0 aliphatic heterocycles. The minimum atomic E-state index is -1.50. The van der Waals surface area contributed by atoms with Crippen molar-refractivity contribution in [1.29, 1.82) is 0 Å². The highest BCUT2D eigenvalue weighted by molar-refractivity contribution is 6.08. The molecule has 1 aromatic carbocycles. The van der Waals surface area contributed by atoms with Crippen LogP contribution in [-0.2, 0) is 6.42 Å². The van der Waals surface area contributed by atoms with E-state index in [1.807, 2.05) is 6.92 Å². The fraction of sp³-hybridized carbons (Fsp3) is 0.222. The number of ether oxygens (including phenoxy) is 1. The van der Waals surface area contributed by atoms with E-state index in [4.69, 9.17) is 18.7 Å². The predicted octanol–water partition coefficient (Wildman–Crippen LogP) is 2.26. The third-order valence-electron chi connectivity index (χ3n) is 4.02. The Morgan fingerprint density at radius 2 is 1.48 bits per heavy atom. The van der Waals surface area contributed by atoms with Crippen molar-refractivity contribution in [2.45, 2.75) is 19.8 Å². The van der Waals surface area contributed by atoms with Crippen molar-refractivity contribution in [2.75, 3.05) is 7.11 Å². The van der Waals surface area contributed by atoms with Gasteiger partial charge in [0.25, 0.3) is 0 Å². The van der Waals surface area contributed by atoms with Gasteiger partial charge in [-0.3, -0.25) is 9.59 Å². The summed E-state index contributed by atoms with van der Waals surface area (Å²) in [5.41, 5.74) is -1.58. The number of benzene rings is 1. The second-order valence-corrected chi connectivity index (χ2v) is 5.73. The molecule has 3 rings (SSSR count). The summed E-state index contributed by atoms with van der Waals surface area (Å²) in [7, 11) is 1.30. The Hall–Kier alpha value is -3.62. The van der Waals surface area contributed by atoms with Crippen molar-refractivity contribution < 1.29 is 33.4 Å². The van der Waals surface area contributed by atoms with E-state index < -0.39 is 34.3 Å². The number of carbonyl (C=O) groups is 2. The molecule has 0 aliphatic carbocycles. The Labute approximate surface area is 150 Å². The van der Waals surface area contributed by atoms with E-state index in [2.05, 4.69) is 0 Å². The van der Waals surface area contributed by atoms with Crippen LogP contribution in [0, 0.1) is 0 Å². The van der Waals surface area contributed by atoms with Crippen LogP contribution in [0.4, 0.5) is 0 Å². The first-order chi connectivity index (χ1) is 12.8. The van der Waals surface area contributed by atoms with Crippen LogP contribution in [0.3, 0.4) is 0 Å². The number of hydrogen-bond donors (Lipinski definition) is 2. The summed E-state index contributed by atoms with van der Waals surface area (Å²) in [4.78, 5) is 47.6. The van der Waals surface area contributed by atoms with Crippen LogP contribution in [0.5, 0.6) is 5.75 Å². The van der Waals surface area contributed by atoms with Gasteiger partial charge in [-0.25, -0.2) is 9.59 Å².